The quantitative estimate of drug-likeness (QED) is 0.685. The second-order valence-corrected chi connectivity index (χ2v) is 6.02. The number of carbonyl (C=O) groups is 2. The molecule has 0 spiro atoms. The molecule has 0 saturated heterocycles. The Bertz CT molecular complexity index is 877. The van der Waals surface area contributed by atoms with Crippen LogP contribution in [0.4, 0.5) is 5.69 Å². The molecule has 0 fully saturated rings. The SMILES string of the molecule is O=C(Nc1ccc(C(=O)c2ccncc2)cc1)c1cccc(Br)c1. The second kappa shape index (κ2) is 7.19. The first-order valence-electron chi connectivity index (χ1n) is 7.25. The zero-order valence-electron chi connectivity index (χ0n) is 12.6. The summed E-state index contributed by atoms with van der Waals surface area (Å²) in [6.07, 6.45) is 3.17. The number of nitrogens with one attached hydrogen (secondary N) is 1. The molecule has 5 heteroatoms. The van der Waals surface area contributed by atoms with Crippen molar-refractivity contribution in [3.63, 3.8) is 0 Å². The van der Waals surface area contributed by atoms with E-state index >= 15 is 0 Å². The molecule has 0 atom stereocenters. The number of ketones is 1. The lowest BCUT2D eigenvalue weighted by molar-refractivity contribution is 0.102. The fourth-order valence-electron chi connectivity index (χ4n) is 2.21. The summed E-state index contributed by atoms with van der Waals surface area (Å²) >= 11 is 3.34. The molecule has 0 unspecified atom stereocenters. The predicted octanol–water partition coefficient (Wildman–Crippen LogP) is 4.33. The lowest BCUT2D eigenvalue weighted by atomic mass is 10.0. The Morgan fingerprint density at radius 2 is 1.50 bits per heavy atom. The van der Waals surface area contributed by atoms with Crippen LogP contribution < -0.4 is 5.32 Å². The van der Waals surface area contributed by atoms with Crippen LogP contribution in [-0.2, 0) is 0 Å². The molecule has 0 aliphatic rings. The van der Waals surface area contributed by atoms with Gasteiger partial charge in [0.2, 0.25) is 0 Å². The fourth-order valence-corrected chi connectivity index (χ4v) is 2.61. The van der Waals surface area contributed by atoms with Crippen LogP contribution in [0, 0.1) is 0 Å². The summed E-state index contributed by atoms with van der Waals surface area (Å²) < 4.78 is 0.841. The van der Waals surface area contributed by atoms with Crippen molar-refractivity contribution in [2.75, 3.05) is 5.32 Å². The minimum atomic E-state index is -0.204. The molecular formula is C19H13BrN2O2. The number of pyridine rings is 1. The number of aromatic nitrogens is 1. The molecule has 0 aliphatic heterocycles. The molecule has 4 nitrogen and oxygen atoms in total. The zero-order chi connectivity index (χ0) is 16.9. The van der Waals surface area contributed by atoms with Crippen LogP contribution in [-0.4, -0.2) is 16.7 Å². The van der Waals surface area contributed by atoms with Gasteiger partial charge in [-0.1, -0.05) is 22.0 Å². The van der Waals surface area contributed by atoms with Crippen LogP contribution in [0.3, 0.4) is 0 Å². The van der Waals surface area contributed by atoms with Gasteiger partial charge in [0.15, 0.2) is 5.78 Å². The number of nitrogens with zero attached hydrogens (tertiary/aromatic N) is 1. The highest BCUT2D eigenvalue weighted by molar-refractivity contribution is 9.10. The number of rotatable bonds is 4. The average Bonchev–Trinajstić information content (AvgIpc) is 2.62. The predicted molar refractivity (Wildman–Crippen MR) is 96.2 cm³/mol. The minimum Gasteiger partial charge on any atom is -0.322 e. The van der Waals surface area contributed by atoms with Gasteiger partial charge in [0.25, 0.3) is 5.91 Å². The Kier molecular flexibility index (Phi) is 4.82. The summed E-state index contributed by atoms with van der Waals surface area (Å²) in [7, 11) is 0. The highest BCUT2D eigenvalue weighted by Gasteiger charge is 2.10. The van der Waals surface area contributed by atoms with E-state index in [4.69, 9.17) is 0 Å². The maximum Gasteiger partial charge on any atom is 0.255 e. The van der Waals surface area contributed by atoms with E-state index in [1.807, 2.05) is 6.07 Å². The van der Waals surface area contributed by atoms with Crippen LogP contribution in [0.2, 0.25) is 0 Å². The van der Waals surface area contributed by atoms with Crippen LogP contribution in [0.15, 0.2) is 77.5 Å². The molecule has 0 aliphatic carbocycles. The van der Waals surface area contributed by atoms with E-state index in [1.54, 1.807) is 67.0 Å². The average molecular weight is 381 g/mol. The Morgan fingerprint density at radius 3 is 2.17 bits per heavy atom. The number of anilines is 1. The summed E-state index contributed by atoms with van der Waals surface area (Å²) in [5, 5.41) is 2.81. The standard InChI is InChI=1S/C19H13BrN2O2/c20-16-3-1-2-15(12-16)19(24)22-17-6-4-13(5-7-17)18(23)14-8-10-21-11-9-14/h1-12H,(H,22,24). The van der Waals surface area contributed by atoms with E-state index in [1.165, 1.54) is 0 Å². The number of hydrogen-bond donors (Lipinski definition) is 1. The van der Waals surface area contributed by atoms with Crippen LogP contribution in [0.1, 0.15) is 26.3 Å². The van der Waals surface area contributed by atoms with Gasteiger partial charge in [-0.05, 0) is 54.6 Å². The van der Waals surface area contributed by atoms with Gasteiger partial charge >= 0.3 is 0 Å². The molecular weight excluding hydrogens is 368 g/mol. The summed E-state index contributed by atoms with van der Waals surface area (Å²) in [4.78, 5) is 28.4. The van der Waals surface area contributed by atoms with Crippen molar-refractivity contribution in [2.45, 2.75) is 0 Å². The highest BCUT2D eigenvalue weighted by atomic mass is 79.9. The molecule has 24 heavy (non-hydrogen) atoms. The van der Waals surface area contributed by atoms with Gasteiger partial charge in [0, 0.05) is 39.2 Å². The first-order valence-corrected chi connectivity index (χ1v) is 8.04. The van der Waals surface area contributed by atoms with Gasteiger partial charge in [-0.25, -0.2) is 0 Å². The van der Waals surface area contributed by atoms with Gasteiger partial charge in [-0.15, -0.1) is 0 Å². The maximum atomic E-state index is 12.3. The molecule has 1 heterocycles. The third kappa shape index (κ3) is 3.75. The monoisotopic (exact) mass is 380 g/mol. The Balaban J connectivity index is 1.73. The lowest BCUT2D eigenvalue weighted by Gasteiger charge is -2.07. The Labute approximate surface area is 147 Å². The van der Waals surface area contributed by atoms with E-state index in [9.17, 15) is 9.59 Å². The molecule has 3 rings (SSSR count). The highest BCUT2D eigenvalue weighted by Crippen LogP contribution is 2.16. The smallest absolute Gasteiger partial charge is 0.255 e. The van der Waals surface area contributed by atoms with E-state index in [0.717, 1.165) is 4.47 Å². The van der Waals surface area contributed by atoms with Crippen molar-refractivity contribution in [1.82, 2.24) is 4.98 Å². The molecule has 1 N–H and O–H groups in total. The van der Waals surface area contributed by atoms with Crippen molar-refractivity contribution < 1.29 is 9.59 Å². The number of benzene rings is 2. The van der Waals surface area contributed by atoms with E-state index in [0.29, 0.717) is 22.4 Å². The fraction of sp³-hybridized carbons (Fsp3) is 0. The van der Waals surface area contributed by atoms with Crippen molar-refractivity contribution in [2.24, 2.45) is 0 Å². The largest absolute Gasteiger partial charge is 0.322 e. The molecule has 3 aromatic rings. The van der Waals surface area contributed by atoms with Gasteiger partial charge < -0.3 is 5.32 Å². The number of carbonyl (C=O) groups excluding carboxylic acids is 2. The van der Waals surface area contributed by atoms with E-state index in [2.05, 4.69) is 26.2 Å². The Morgan fingerprint density at radius 1 is 0.833 bits per heavy atom. The maximum absolute atomic E-state index is 12.3. The first-order chi connectivity index (χ1) is 11.6. The van der Waals surface area contributed by atoms with Crippen molar-refractivity contribution in [3.8, 4) is 0 Å². The van der Waals surface area contributed by atoms with Crippen LogP contribution >= 0.6 is 15.9 Å². The van der Waals surface area contributed by atoms with Crippen LogP contribution in [0.5, 0.6) is 0 Å². The molecule has 0 radical (unpaired) electrons. The summed E-state index contributed by atoms with van der Waals surface area (Å²) in [6.45, 7) is 0. The summed E-state index contributed by atoms with van der Waals surface area (Å²) in [6, 6.07) is 17.3. The third-order valence-electron chi connectivity index (χ3n) is 3.43. The van der Waals surface area contributed by atoms with Gasteiger partial charge in [-0.3, -0.25) is 14.6 Å². The number of halogens is 1. The Hall–Kier alpha value is -2.79. The second-order valence-electron chi connectivity index (χ2n) is 5.11. The van der Waals surface area contributed by atoms with Crippen molar-refractivity contribution in [3.05, 3.63) is 94.2 Å². The topological polar surface area (TPSA) is 59.1 Å². The number of amides is 1. The molecule has 0 saturated carbocycles. The minimum absolute atomic E-state index is 0.0812. The molecule has 1 amide bonds. The van der Waals surface area contributed by atoms with E-state index < -0.39 is 0 Å². The number of hydrogen-bond acceptors (Lipinski definition) is 3. The molecule has 0 bridgehead atoms. The molecule has 118 valence electrons. The van der Waals surface area contributed by atoms with E-state index in [-0.39, 0.29) is 11.7 Å². The first kappa shape index (κ1) is 16.1. The summed E-state index contributed by atoms with van der Waals surface area (Å²) in [5.41, 5.74) is 2.32. The van der Waals surface area contributed by atoms with Crippen molar-refractivity contribution >= 4 is 33.3 Å². The zero-order valence-corrected chi connectivity index (χ0v) is 14.2. The summed E-state index contributed by atoms with van der Waals surface area (Å²) in [5.74, 6) is -0.285. The molecule has 2 aromatic carbocycles. The molecule has 1 aromatic heterocycles. The van der Waals surface area contributed by atoms with Gasteiger partial charge in [0.1, 0.15) is 0 Å². The lowest BCUT2D eigenvalue weighted by Crippen LogP contribution is -2.12. The third-order valence-corrected chi connectivity index (χ3v) is 3.93. The van der Waals surface area contributed by atoms with Gasteiger partial charge in [0.05, 0.1) is 0 Å². The van der Waals surface area contributed by atoms with Crippen molar-refractivity contribution in [1.29, 1.82) is 0 Å². The van der Waals surface area contributed by atoms with Crippen LogP contribution in [0.25, 0.3) is 0 Å². The van der Waals surface area contributed by atoms with Gasteiger partial charge in [-0.2, -0.15) is 0 Å². The normalized spacial score (nSPS) is 10.2.